The van der Waals surface area contributed by atoms with E-state index in [9.17, 15) is 17.6 Å². The van der Waals surface area contributed by atoms with Crippen molar-refractivity contribution in [2.45, 2.75) is 4.90 Å². The van der Waals surface area contributed by atoms with Crippen LogP contribution in [0.5, 0.6) is 0 Å². The molecule has 27 heavy (non-hydrogen) atoms. The van der Waals surface area contributed by atoms with E-state index in [-0.39, 0.29) is 32.0 Å². The molecule has 2 heterocycles. The molecule has 0 aliphatic carbocycles. The number of carbonyl (C=O) groups is 1. The molecule has 1 N–H and O–H groups in total. The number of carbonyl (C=O) groups excluding carboxylic acids is 1. The highest BCUT2D eigenvalue weighted by Gasteiger charge is 2.29. The Hall–Kier alpha value is -1.59. The largest absolute Gasteiger partial charge is 0.379 e. The van der Waals surface area contributed by atoms with Gasteiger partial charge in [0.1, 0.15) is 10.7 Å². The van der Waals surface area contributed by atoms with E-state index in [1.807, 2.05) is 12.1 Å². The Morgan fingerprint density at radius 2 is 2.00 bits per heavy atom. The lowest BCUT2D eigenvalue weighted by Crippen LogP contribution is -2.40. The number of amides is 1. The zero-order chi connectivity index (χ0) is 19.4. The van der Waals surface area contributed by atoms with E-state index < -0.39 is 26.6 Å². The van der Waals surface area contributed by atoms with Gasteiger partial charge in [-0.2, -0.15) is 4.31 Å². The second-order valence-corrected chi connectivity index (χ2v) is 10.0. The standard InChI is InChI=1S/C17H16BrFN2O4S2/c18-16-5-2-13(26-16)3-6-17(22)20-12-1-4-14(19)15(11-12)27(23,24)21-7-9-25-10-8-21/h1-6,11H,7-10H2,(H,20,22)/b6-3+. The van der Waals surface area contributed by atoms with Crippen LogP contribution in [0.25, 0.3) is 6.08 Å². The molecule has 3 rings (SSSR count). The van der Waals surface area contributed by atoms with Gasteiger partial charge in [0.25, 0.3) is 0 Å². The van der Waals surface area contributed by atoms with Gasteiger partial charge >= 0.3 is 0 Å². The highest BCUT2D eigenvalue weighted by molar-refractivity contribution is 9.11. The second-order valence-electron chi connectivity index (χ2n) is 5.63. The molecule has 0 saturated carbocycles. The molecule has 0 bridgehead atoms. The molecule has 1 amide bonds. The third kappa shape index (κ3) is 5.02. The summed E-state index contributed by atoms with van der Waals surface area (Å²) in [5.41, 5.74) is 0.199. The maximum atomic E-state index is 14.2. The number of ether oxygens (including phenoxy) is 1. The van der Waals surface area contributed by atoms with Crippen LogP contribution in [0.4, 0.5) is 10.1 Å². The zero-order valence-corrected chi connectivity index (χ0v) is 17.2. The fourth-order valence-electron chi connectivity index (χ4n) is 2.46. The predicted octanol–water partition coefficient (Wildman–Crippen LogP) is 3.32. The van der Waals surface area contributed by atoms with Crippen LogP contribution in [0, 0.1) is 5.82 Å². The smallest absolute Gasteiger partial charge is 0.248 e. The minimum atomic E-state index is -4.00. The molecular formula is C17H16BrFN2O4S2. The summed E-state index contributed by atoms with van der Waals surface area (Å²) in [5.74, 6) is -1.31. The molecule has 0 radical (unpaired) electrons. The molecule has 1 aliphatic heterocycles. The summed E-state index contributed by atoms with van der Waals surface area (Å²) in [6, 6.07) is 7.20. The molecule has 144 valence electrons. The summed E-state index contributed by atoms with van der Waals surface area (Å²) in [7, 11) is -4.00. The molecule has 1 saturated heterocycles. The average Bonchev–Trinajstić information content (AvgIpc) is 3.07. The predicted molar refractivity (Wildman–Crippen MR) is 106 cm³/mol. The summed E-state index contributed by atoms with van der Waals surface area (Å²) in [5, 5.41) is 2.55. The number of anilines is 1. The van der Waals surface area contributed by atoms with Crippen molar-refractivity contribution in [3.63, 3.8) is 0 Å². The van der Waals surface area contributed by atoms with Crippen molar-refractivity contribution < 1.29 is 22.3 Å². The minimum Gasteiger partial charge on any atom is -0.379 e. The number of thiophene rings is 1. The number of halogens is 2. The van der Waals surface area contributed by atoms with Gasteiger partial charge in [-0.1, -0.05) is 0 Å². The average molecular weight is 475 g/mol. The van der Waals surface area contributed by atoms with Crippen LogP contribution >= 0.6 is 27.3 Å². The first-order valence-corrected chi connectivity index (χ1v) is 11.0. The van der Waals surface area contributed by atoms with E-state index >= 15 is 0 Å². The first kappa shape index (κ1) is 20.2. The summed E-state index contributed by atoms with van der Waals surface area (Å²) in [4.78, 5) is 12.5. The second kappa shape index (κ2) is 8.61. The Balaban J connectivity index is 1.76. The summed E-state index contributed by atoms with van der Waals surface area (Å²) in [6.45, 7) is 0.858. The van der Waals surface area contributed by atoms with Gasteiger partial charge < -0.3 is 10.1 Å². The van der Waals surface area contributed by atoms with Crippen molar-refractivity contribution in [2.75, 3.05) is 31.6 Å². The Kier molecular flexibility index (Phi) is 6.43. The number of nitrogens with one attached hydrogen (secondary N) is 1. The number of hydrogen-bond donors (Lipinski definition) is 1. The van der Waals surface area contributed by atoms with E-state index in [4.69, 9.17) is 4.74 Å². The van der Waals surface area contributed by atoms with Gasteiger partial charge in [-0.25, -0.2) is 12.8 Å². The SMILES string of the molecule is O=C(/C=C/c1ccc(Br)s1)Nc1ccc(F)c(S(=O)(=O)N2CCOCC2)c1. The maximum Gasteiger partial charge on any atom is 0.248 e. The van der Waals surface area contributed by atoms with Crippen LogP contribution in [0.3, 0.4) is 0 Å². The van der Waals surface area contributed by atoms with Gasteiger partial charge in [-0.15, -0.1) is 11.3 Å². The fourth-order valence-corrected chi connectivity index (χ4v) is 5.29. The van der Waals surface area contributed by atoms with Crippen LogP contribution in [0.15, 0.2) is 45.1 Å². The molecule has 6 nitrogen and oxygen atoms in total. The van der Waals surface area contributed by atoms with Gasteiger partial charge in [0.05, 0.1) is 17.0 Å². The van der Waals surface area contributed by atoms with Gasteiger partial charge in [0.2, 0.25) is 15.9 Å². The Bertz CT molecular complexity index is 969. The summed E-state index contributed by atoms with van der Waals surface area (Å²) >= 11 is 4.80. The van der Waals surface area contributed by atoms with Crippen LogP contribution in [0.1, 0.15) is 4.88 Å². The van der Waals surface area contributed by atoms with Crippen LogP contribution in [-0.4, -0.2) is 44.9 Å². The number of hydrogen-bond acceptors (Lipinski definition) is 5. The third-order valence-electron chi connectivity index (χ3n) is 3.78. The topological polar surface area (TPSA) is 75.7 Å². The van der Waals surface area contributed by atoms with Crippen LogP contribution in [0.2, 0.25) is 0 Å². The van der Waals surface area contributed by atoms with E-state index in [1.165, 1.54) is 27.8 Å². The molecule has 1 fully saturated rings. The summed E-state index contributed by atoms with van der Waals surface area (Å²) < 4.78 is 46.7. The van der Waals surface area contributed by atoms with Gasteiger partial charge in [-0.3, -0.25) is 4.79 Å². The highest BCUT2D eigenvalue weighted by atomic mass is 79.9. The van der Waals surface area contributed by atoms with Gasteiger partial charge in [0, 0.05) is 29.7 Å². The molecular weight excluding hydrogens is 459 g/mol. The van der Waals surface area contributed by atoms with Gasteiger partial charge in [0.15, 0.2) is 0 Å². The number of nitrogens with zero attached hydrogens (tertiary/aromatic N) is 1. The maximum absolute atomic E-state index is 14.2. The molecule has 0 spiro atoms. The van der Waals surface area contributed by atoms with E-state index in [2.05, 4.69) is 21.2 Å². The number of benzene rings is 1. The Morgan fingerprint density at radius 1 is 1.26 bits per heavy atom. The highest BCUT2D eigenvalue weighted by Crippen LogP contribution is 2.25. The van der Waals surface area contributed by atoms with E-state index in [0.717, 1.165) is 20.8 Å². The fraction of sp³-hybridized carbons (Fsp3) is 0.235. The molecule has 1 aromatic carbocycles. The monoisotopic (exact) mass is 474 g/mol. The Morgan fingerprint density at radius 3 is 2.67 bits per heavy atom. The number of sulfonamides is 1. The van der Waals surface area contributed by atoms with Crippen LogP contribution in [-0.2, 0) is 19.6 Å². The number of morpholine rings is 1. The quantitative estimate of drug-likeness (QED) is 0.674. The lowest BCUT2D eigenvalue weighted by Gasteiger charge is -2.26. The molecule has 10 heteroatoms. The van der Waals surface area contributed by atoms with Crippen molar-refractivity contribution in [3.8, 4) is 0 Å². The zero-order valence-electron chi connectivity index (χ0n) is 14.0. The van der Waals surface area contributed by atoms with Crippen molar-refractivity contribution in [3.05, 3.63) is 50.9 Å². The van der Waals surface area contributed by atoms with Crippen molar-refractivity contribution in [2.24, 2.45) is 0 Å². The lowest BCUT2D eigenvalue weighted by atomic mass is 10.3. The molecule has 0 unspecified atom stereocenters. The minimum absolute atomic E-state index is 0.164. The van der Waals surface area contributed by atoms with E-state index in [0.29, 0.717) is 0 Å². The van der Waals surface area contributed by atoms with Crippen LogP contribution < -0.4 is 5.32 Å². The summed E-state index contributed by atoms with van der Waals surface area (Å²) in [6.07, 6.45) is 2.97. The molecule has 1 aliphatic rings. The van der Waals surface area contributed by atoms with Gasteiger partial charge in [-0.05, 0) is 52.3 Å². The van der Waals surface area contributed by atoms with Crippen molar-refractivity contribution >= 4 is 55.0 Å². The molecule has 1 aromatic heterocycles. The van der Waals surface area contributed by atoms with Crippen molar-refractivity contribution in [1.29, 1.82) is 0 Å². The first-order valence-electron chi connectivity index (χ1n) is 7.98. The normalized spacial score (nSPS) is 15.9. The Labute approximate surface area is 168 Å². The molecule has 0 atom stereocenters. The van der Waals surface area contributed by atoms with Crippen molar-refractivity contribution in [1.82, 2.24) is 4.31 Å². The number of rotatable bonds is 5. The third-order valence-corrected chi connectivity index (χ3v) is 7.28. The lowest BCUT2D eigenvalue weighted by molar-refractivity contribution is -0.111. The first-order chi connectivity index (χ1) is 12.9. The molecule has 2 aromatic rings. The van der Waals surface area contributed by atoms with E-state index in [1.54, 1.807) is 6.08 Å².